The number of urea groups is 1. The second kappa shape index (κ2) is 7.81. The number of rotatable bonds is 5. The summed E-state index contributed by atoms with van der Waals surface area (Å²) in [6.45, 7) is 7.46. The molecule has 0 unspecified atom stereocenters. The third-order valence-corrected chi connectivity index (χ3v) is 5.21. The van der Waals surface area contributed by atoms with Crippen LogP contribution in [-0.2, 0) is 11.3 Å². The first-order valence-electron chi connectivity index (χ1n) is 8.29. The van der Waals surface area contributed by atoms with Gasteiger partial charge in [-0.15, -0.1) is 11.3 Å². The highest BCUT2D eigenvalue weighted by atomic mass is 32.1. The Morgan fingerprint density at radius 1 is 1.58 bits per heavy atom. The van der Waals surface area contributed by atoms with E-state index >= 15 is 0 Å². The summed E-state index contributed by atoms with van der Waals surface area (Å²) >= 11 is 1.67. The SMILES string of the molecule is Cc1nccn1C[C@H](C)CNC(=O)N1CCO[C@H](c2cccs2)C1. The van der Waals surface area contributed by atoms with Gasteiger partial charge in [0.15, 0.2) is 0 Å². The Morgan fingerprint density at radius 2 is 2.46 bits per heavy atom. The molecule has 130 valence electrons. The van der Waals surface area contributed by atoms with E-state index in [2.05, 4.69) is 27.9 Å². The number of thiophene rings is 1. The smallest absolute Gasteiger partial charge is 0.317 e. The van der Waals surface area contributed by atoms with E-state index in [1.54, 1.807) is 17.5 Å². The van der Waals surface area contributed by atoms with Crippen LogP contribution in [0.4, 0.5) is 4.79 Å². The lowest BCUT2D eigenvalue weighted by Gasteiger charge is -2.32. The molecule has 0 saturated carbocycles. The van der Waals surface area contributed by atoms with Gasteiger partial charge in [0.2, 0.25) is 0 Å². The van der Waals surface area contributed by atoms with Crippen molar-refractivity contribution in [2.24, 2.45) is 5.92 Å². The number of hydrogen-bond donors (Lipinski definition) is 1. The number of morpholine rings is 1. The average Bonchev–Trinajstić information content (AvgIpc) is 3.25. The highest BCUT2D eigenvalue weighted by Gasteiger charge is 2.26. The summed E-state index contributed by atoms with van der Waals surface area (Å²) in [6, 6.07) is 4.07. The third-order valence-electron chi connectivity index (χ3n) is 4.25. The van der Waals surface area contributed by atoms with E-state index in [1.165, 1.54) is 4.88 Å². The molecule has 1 aliphatic rings. The molecule has 2 aromatic heterocycles. The maximum absolute atomic E-state index is 12.4. The first-order chi connectivity index (χ1) is 11.6. The minimum atomic E-state index is -0.00550. The summed E-state index contributed by atoms with van der Waals surface area (Å²) < 4.78 is 7.90. The molecule has 2 aromatic rings. The maximum Gasteiger partial charge on any atom is 0.317 e. The lowest BCUT2D eigenvalue weighted by molar-refractivity contribution is -0.0136. The molecule has 0 aromatic carbocycles. The Kier molecular flexibility index (Phi) is 5.52. The van der Waals surface area contributed by atoms with Gasteiger partial charge in [0, 0.05) is 36.9 Å². The van der Waals surface area contributed by atoms with Gasteiger partial charge in [-0.05, 0) is 24.3 Å². The molecule has 2 atom stereocenters. The summed E-state index contributed by atoms with van der Waals surface area (Å²) in [5.41, 5.74) is 0. The molecule has 6 nitrogen and oxygen atoms in total. The van der Waals surface area contributed by atoms with Gasteiger partial charge in [-0.2, -0.15) is 0 Å². The number of imidazole rings is 1. The molecule has 1 fully saturated rings. The quantitative estimate of drug-likeness (QED) is 0.904. The first-order valence-corrected chi connectivity index (χ1v) is 9.17. The van der Waals surface area contributed by atoms with Crippen molar-refractivity contribution in [3.8, 4) is 0 Å². The predicted octanol–water partition coefficient (Wildman–Crippen LogP) is 2.67. The number of aromatic nitrogens is 2. The van der Waals surface area contributed by atoms with Crippen molar-refractivity contribution >= 4 is 17.4 Å². The van der Waals surface area contributed by atoms with Gasteiger partial charge >= 0.3 is 6.03 Å². The zero-order valence-corrected chi connectivity index (χ0v) is 15.0. The molecule has 24 heavy (non-hydrogen) atoms. The minimum Gasteiger partial charge on any atom is -0.369 e. The number of nitrogens with one attached hydrogen (secondary N) is 1. The summed E-state index contributed by atoms with van der Waals surface area (Å²) in [6.07, 6.45) is 3.77. The Bertz CT molecular complexity index is 655. The van der Waals surface area contributed by atoms with Gasteiger partial charge in [-0.25, -0.2) is 9.78 Å². The second-order valence-electron chi connectivity index (χ2n) is 6.24. The molecule has 2 amide bonds. The molecule has 1 saturated heterocycles. The van der Waals surface area contributed by atoms with Crippen molar-refractivity contribution in [2.75, 3.05) is 26.2 Å². The molecule has 0 bridgehead atoms. The first kappa shape index (κ1) is 17.0. The van der Waals surface area contributed by atoms with Crippen LogP contribution in [0.15, 0.2) is 29.9 Å². The van der Waals surface area contributed by atoms with E-state index in [1.807, 2.05) is 29.5 Å². The van der Waals surface area contributed by atoms with Crippen molar-refractivity contribution < 1.29 is 9.53 Å². The fourth-order valence-electron chi connectivity index (χ4n) is 2.85. The van der Waals surface area contributed by atoms with E-state index in [-0.39, 0.29) is 12.1 Å². The van der Waals surface area contributed by atoms with Gasteiger partial charge in [0.25, 0.3) is 0 Å². The van der Waals surface area contributed by atoms with E-state index < -0.39 is 0 Å². The molecule has 1 N–H and O–H groups in total. The minimum absolute atomic E-state index is 0.00415. The van der Waals surface area contributed by atoms with Crippen LogP contribution in [0.25, 0.3) is 0 Å². The Hall–Kier alpha value is -1.86. The van der Waals surface area contributed by atoms with E-state index in [9.17, 15) is 4.79 Å². The van der Waals surface area contributed by atoms with Crippen LogP contribution in [0, 0.1) is 12.8 Å². The van der Waals surface area contributed by atoms with E-state index in [0.717, 1.165) is 12.4 Å². The van der Waals surface area contributed by atoms with Crippen molar-refractivity contribution in [1.29, 1.82) is 0 Å². The fraction of sp³-hybridized carbons (Fsp3) is 0.529. The topological polar surface area (TPSA) is 59.4 Å². The Morgan fingerprint density at radius 3 is 3.17 bits per heavy atom. The monoisotopic (exact) mass is 348 g/mol. The molecule has 7 heteroatoms. The van der Waals surface area contributed by atoms with E-state index in [0.29, 0.717) is 32.2 Å². The van der Waals surface area contributed by atoms with Crippen LogP contribution in [0.3, 0.4) is 0 Å². The molecule has 3 rings (SSSR count). The Balaban J connectivity index is 1.47. The van der Waals surface area contributed by atoms with Gasteiger partial charge in [0.1, 0.15) is 11.9 Å². The largest absolute Gasteiger partial charge is 0.369 e. The fourth-order valence-corrected chi connectivity index (χ4v) is 3.62. The lowest BCUT2D eigenvalue weighted by Crippen LogP contribution is -2.48. The van der Waals surface area contributed by atoms with Crippen molar-refractivity contribution in [2.45, 2.75) is 26.5 Å². The highest BCUT2D eigenvalue weighted by molar-refractivity contribution is 7.10. The van der Waals surface area contributed by atoms with Crippen LogP contribution in [0.5, 0.6) is 0 Å². The van der Waals surface area contributed by atoms with Gasteiger partial charge in [-0.1, -0.05) is 13.0 Å². The van der Waals surface area contributed by atoms with Crippen LogP contribution >= 0.6 is 11.3 Å². The molecule has 0 aliphatic carbocycles. The molecule has 1 aliphatic heterocycles. The summed E-state index contributed by atoms with van der Waals surface area (Å²) in [5.74, 6) is 1.34. The van der Waals surface area contributed by atoms with Crippen LogP contribution in [-0.4, -0.2) is 46.7 Å². The maximum atomic E-state index is 12.4. The molecular formula is C17H24N4O2S. The Labute approximate surface area is 146 Å². The number of nitrogens with zero attached hydrogens (tertiary/aromatic N) is 3. The molecular weight excluding hydrogens is 324 g/mol. The van der Waals surface area contributed by atoms with Crippen LogP contribution in [0.2, 0.25) is 0 Å². The van der Waals surface area contributed by atoms with Gasteiger partial charge in [-0.3, -0.25) is 0 Å². The summed E-state index contributed by atoms with van der Waals surface area (Å²) in [5, 5.41) is 5.09. The summed E-state index contributed by atoms with van der Waals surface area (Å²) in [4.78, 5) is 19.7. The number of ether oxygens (including phenoxy) is 1. The number of carbonyl (C=O) groups is 1. The second-order valence-corrected chi connectivity index (χ2v) is 7.22. The number of amides is 2. The lowest BCUT2D eigenvalue weighted by atomic mass is 10.2. The summed E-state index contributed by atoms with van der Waals surface area (Å²) in [7, 11) is 0. The molecule has 0 spiro atoms. The molecule has 3 heterocycles. The predicted molar refractivity (Wildman–Crippen MR) is 94.1 cm³/mol. The number of aryl methyl sites for hydroxylation is 1. The number of hydrogen-bond acceptors (Lipinski definition) is 4. The zero-order valence-electron chi connectivity index (χ0n) is 14.1. The zero-order chi connectivity index (χ0) is 16.9. The molecule has 0 radical (unpaired) electrons. The van der Waals surface area contributed by atoms with Crippen molar-refractivity contribution in [1.82, 2.24) is 19.8 Å². The normalized spacial score (nSPS) is 19.2. The van der Waals surface area contributed by atoms with Gasteiger partial charge in [0.05, 0.1) is 13.2 Å². The standard InChI is InChI=1S/C17H24N4O2S/c1-13(11-20-6-5-18-14(20)2)10-19-17(22)21-7-8-23-15(12-21)16-4-3-9-24-16/h3-6,9,13,15H,7-8,10-12H2,1-2H3,(H,19,22)/t13-,15+/m1/s1. The van der Waals surface area contributed by atoms with Crippen molar-refractivity contribution in [3.63, 3.8) is 0 Å². The number of carbonyl (C=O) groups excluding carboxylic acids is 1. The average molecular weight is 348 g/mol. The van der Waals surface area contributed by atoms with Gasteiger partial charge < -0.3 is 19.5 Å². The van der Waals surface area contributed by atoms with Crippen LogP contribution < -0.4 is 5.32 Å². The van der Waals surface area contributed by atoms with Crippen molar-refractivity contribution in [3.05, 3.63) is 40.6 Å². The van der Waals surface area contributed by atoms with Crippen LogP contribution in [0.1, 0.15) is 23.7 Å². The third kappa shape index (κ3) is 4.15. The van der Waals surface area contributed by atoms with E-state index in [4.69, 9.17) is 4.74 Å². The highest BCUT2D eigenvalue weighted by Crippen LogP contribution is 2.25.